The highest BCUT2D eigenvalue weighted by atomic mass is 19.1. The molecule has 4 nitrogen and oxygen atoms in total. The third kappa shape index (κ3) is 6.23. The molecule has 31 heavy (non-hydrogen) atoms. The molecule has 0 aliphatic carbocycles. The van der Waals surface area contributed by atoms with Crippen molar-refractivity contribution in [2.24, 2.45) is 5.16 Å². The number of oxime groups is 1. The van der Waals surface area contributed by atoms with Gasteiger partial charge in [0.2, 0.25) is 0 Å². The Bertz CT molecular complexity index is 995. The van der Waals surface area contributed by atoms with Crippen molar-refractivity contribution in [1.29, 1.82) is 0 Å². The van der Waals surface area contributed by atoms with Crippen LogP contribution in [0.1, 0.15) is 23.1 Å². The molecule has 0 aromatic heterocycles. The van der Waals surface area contributed by atoms with E-state index < -0.39 is 6.10 Å². The van der Waals surface area contributed by atoms with Crippen LogP contribution in [0.15, 0.2) is 90.1 Å². The minimum Gasteiger partial charge on any atom is -0.391 e. The molecule has 1 aliphatic heterocycles. The van der Waals surface area contributed by atoms with Gasteiger partial charge in [-0.2, -0.15) is 0 Å². The average molecular weight is 419 g/mol. The topological polar surface area (TPSA) is 45.1 Å². The molecule has 1 N–H and O–H groups in total. The number of nitrogens with zero attached hydrogens (tertiary/aromatic N) is 2. The zero-order valence-corrected chi connectivity index (χ0v) is 17.4. The quantitative estimate of drug-likeness (QED) is 0.559. The Hall–Kier alpha value is -3.02. The highest BCUT2D eigenvalue weighted by molar-refractivity contribution is 6.01. The van der Waals surface area contributed by atoms with E-state index >= 15 is 0 Å². The van der Waals surface area contributed by atoms with E-state index in [1.165, 1.54) is 12.1 Å². The summed E-state index contributed by atoms with van der Waals surface area (Å²) >= 11 is 0. The summed E-state index contributed by atoms with van der Waals surface area (Å²) in [6.07, 6.45) is 0.635. The molecule has 3 aromatic rings. The number of hydrogen-bond donors (Lipinski definition) is 1. The van der Waals surface area contributed by atoms with Crippen LogP contribution in [0.5, 0.6) is 0 Å². The fraction of sp³-hybridized carbons (Fsp3) is 0.269. The first-order valence-corrected chi connectivity index (χ1v) is 10.6. The molecule has 2 atom stereocenters. The fourth-order valence-corrected chi connectivity index (χ4v) is 3.96. The third-order valence-electron chi connectivity index (χ3n) is 5.38. The zero-order chi connectivity index (χ0) is 21.5. The summed E-state index contributed by atoms with van der Waals surface area (Å²) in [5.74, 6) is -0.255. The van der Waals surface area contributed by atoms with E-state index in [-0.39, 0.29) is 11.9 Å². The summed E-state index contributed by atoms with van der Waals surface area (Å²) in [7, 11) is 0. The van der Waals surface area contributed by atoms with Crippen molar-refractivity contribution in [3.05, 3.63) is 107 Å². The van der Waals surface area contributed by atoms with Crippen molar-refractivity contribution in [2.45, 2.75) is 31.6 Å². The number of halogens is 1. The van der Waals surface area contributed by atoms with Crippen LogP contribution in [0.3, 0.4) is 0 Å². The molecule has 1 heterocycles. The van der Waals surface area contributed by atoms with Gasteiger partial charge >= 0.3 is 0 Å². The largest absolute Gasteiger partial charge is 0.391 e. The lowest BCUT2D eigenvalue weighted by atomic mass is 10.0. The molecular weight excluding hydrogens is 391 g/mol. The maximum atomic E-state index is 13.7. The van der Waals surface area contributed by atoms with E-state index in [0.29, 0.717) is 32.5 Å². The molecule has 0 bridgehead atoms. The van der Waals surface area contributed by atoms with Gasteiger partial charge in [0.15, 0.2) is 0 Å². The number of aliphatic hydroxyl groups is 1. The Labute approximate surface area is 182 Å². The molecule has 3 aromatic carbocycles. The monoisotopic (exact) mass is 418 g/mol. The lowest BCUT2D eigenvalue weighted by Gasteiger charge is -2.27. The lowest BCUT2D eigenvalue weighted by Crippen LogP contribution is -2.38. The highest BCUT2D eigenvalue weighted by Crippen LogP contribution is 2.19. The van der Waals surface area contributed by atoms with Gasteiger partial charge in [-0.1, -0.05) is 78.0 Å². The van der Waals surface area contributed by atoms with Crippen LogP contribution >= 0.6 is 0 Å². The van der Waals surface area contributed by atoms with Gasteiger partial charge in [-0.05, 0) is 35.2 Å². The van der Waals surface area contributed by atoms with E-state index in [1.54, 1.807) is 6.07 Å². The third-order valence-corrected chi connectivity index (χ3v) is 5.38. The minimum absolute atomic E-state index is 0.104. The van der Waals surface area contributed by atoms with E-state index in [9.17, 15) is 9.50 Å². The average Bonchev–Trinajstić information content (AvgIpc) is 3.23. The van der Waals surface area contributed by atoms with Gasteiger partial charge in [0.05, 0.1) is 11.8 Å². The summed E-state index contributed by atoms with van der Waals surface area (Å²) in [4.78, 5) is 7.82. The molecular formula is C26H27FN2O2. The van der Waals surface area contributed by atoms with Crippen LogP contribution in [0, 0.1) is 5.82 Å². The van der Waals surface area contributed by atoms with Gasteiger partial charge in [-0.3, -0.25) is 4.90 Å². The Morgan fingerprint density at radius 2 is 1.68 bits per heavy atom. The first kappa shape index (κ1) is 21.2. The second-order valence-corrected chi connectivity index (χ2v) is 8.00. The van der Waals surface area contributed by atoms with E-state index in [4.69, 9.17) is 4.84 Å². The molecule has 0 unspecified atom stereocenters. The summed E-state index contributed by atoms with van der Waals surface area (Å²) < 4.78 is 13.7. The van der Waals surface area contributed by atoms with E-state index in [0.717, 1.165) is 22.4 Å². The smallest absolute Gasteiger partial charge is 0.145 e. The van der Waals surface area contributed by atoms with Crippen molar-refractivity contribution in [1.82, 2.24) is 4.90 Å². The molecule has 4 rings (SSSR count). The van der Waals surface area contributed by atoms with Crippen molar-refractivity contribution < 1.29 is 14.3 Å². The van der Waals surface area contributed by atoms with Crippen molar-refractivity contribution in [3.63, 3.8) is 0 Å². The summed E-state index contributed by atoms with van der Waals surface area (Å²) in [6.45, 7) is 1.60. The van der Waals surface area contributed by atoms with Gasteiger partial charge < -0.3 is 9.94 Å². The molecule has 0 saturated carbocycles. The van der Waals surface area contributed by atoms with Crippen LogP contribution in [0.25, 0.3) is 0 Å². The summed E-state index contributed by atoms with van der Waals surface area (Å²) in [5.41, 5.74) is 3.95. The van der Waals surface area contributed by atoms with Crippen molar-refractivity contribution >= 4 is 5.71 Å². The maximum Gasteiger partial charge on any atom is 0.145 e. The van der Waals surface area contributed by atoms with Crippen LogP contribution < -0.4 is 0 Å². The lowest BCUT2D eigenvalue weighted by molar-refractivity contribution is 0.0322. The summed E-state index contributed by atoms with van der Waals surface area (Å²) in [5, 5.41) is 15.0. The van der Waals surface area contributed by atoms with Crippen molar-refractivity contribution in [3.8, 4) is 0 Å². The van der Waals surface area contributed by atoms with Crippen LogP contribution in [0.4, 0.5) is 4.39 Å². The Kier molecular flexibility index (Phi) is 7.07. The van der Waals surface area contributed by atoms with E-state index in [2.05, 4.69) is 10.1 Å². The Morgan fingerprint density at radius 3 is 2.42 bits per heavy atom. The van der Waals surface area contributed by atoms with Gasteiger partial charge in [0, 0.05) is 26.1 Å². The van der Waals surface area contributed by atoms with Crippen LogP contribution in [-0.4, -0.2) is 41.0 Å². The predicted molar refractivity (Wildman–Crippen MR) is 120 cm³/mol. The normalized spacial score (nSPS) is 16.7. The Balaban J connectivity index is 1.41. The van der Waals surface area contributed by atoms with Crippen LogP contribution in [-0.2, 0) is 17.8 Å². The second-order valence-electron chi connectivity index (χ2n) is 8.00. The standard InChI is InChI=1S/C26H27FN2O2/c27-23-13-7-10-21(14-23)17-29(18-24(30)15-20-8-3-1-4-9-20)19-25-16-26(28-31-25)22-11-5-2-6-12-22/h1-14,24-25,30H,15-19H2/t24-,25+/m0/s1. The number of rotatable bonds is 9. The molecule has 160 valence electrons. The minimum atomic E-state index is -0.535. The molecule has 0 spiro atoms. The molecule has 0 amide bonds. The van der Waals surface area contributed by atoms with Gasteiger partial charge in [0.1, 0.15) is 11.9 Å². The molecule has 0 saturated heterocycles. The maximum absolute atomic E-state index is 13.7. The first-order valence-electron chi connectivity index (χ1n) is 10.6. The van der Waals surface area contributed by atoms with Gasteiger partial charge in [-0.15, -0.1) is 0 Å². The number of benzene rings is 3. The molecule has 5 heteroatoms. The SMILES string of the molecule is O[C@@H](Cc1ccccc1)CN(Cc1cccc(F)c1)C[C@H]1CC(c2ccccc2)=NO1. The van der Waals surface area contributed by atoms with E-state index in [1.807, 2.05) is 66.7 Å². The van der Waals surface area contributed by atoms with Crippen molar-refractivity contribution in [2.75, 3.05) is 13.1 Å². The van der Waals surface area contributed by atoms with Crippen LogP contribution in [0.2, 0.25) is 0 Å². The van der Waals surface area contributed by atoms with Gasteiger partial charge in [0.25, 0.3) is 0 Å². The summed E-state index contributed by atoms with van der Waals surface area (Å²) in [6, 6.07) is 26.5. The second kappa shape index (κ2) is 10.3. The number of hydrogen-bond acceptors (Lipinski definition) is 4. The molecule has 1 aliphatic rings. The van der Waals surface area contributed by atoms with Gasteiger partial charge in [-0.25, -0.2) is 4.39 Å². The molecule has 0 fully saturated rings. The molecule has 0 radical (unpaired) electrons. The Morgan fingerprint density at radius 1 is 0.968 bits per heavy atom. The first-order chi connectivity index (χ1) is 15.2. The zero-order valence-electron chi connectivity index (χ0n) is 17.4. The fourth-order valence-electron chi connectivity index (χ4n) is 3.96. The predicted octanol–water partition coefficient (Wildman–Crippen LogP) is 4.42. The number of aliphatic hydroxyl groups excluding tert-OH is 1. The highest BCUT2D eigenvalue weighted by Gasteiger charge is 2.25.